The van der Waals surface area contributed by atoms with Crippen LogP contribution >= 0.6 is 0 Å². The van der Waals surface area contributed by atoms with Crippen molar-refractivity contribution < 1.29 is 32.2 Å². The number of anilines is 2. The first kappa shape index (κ1) is 25.2. The summed E-state index contributed by atoms with van der Waals surface area (Å²) in [6.07, 6.45) is 0. The topological polar surface area (TPSA) is 103 Å². The number of para-hydroxylation sites is 1. The predicted molar refractivity (Wildman–Crippen MR) is 136 cm³/mol. The predicted octanol–water partition coefficient (Wildman–Crippen LogP) is 4.33. The molecule has 0 fully saturated rings. The zero-order chi connectivity index (χ0) is 26.1. The lowest BCUT2D eigenvalue weighted by molar-refractivity contribution is 0.102. The first-order valence-corrected chi connectivity index (χ1v) is 12.6. The second-order valence-corrected chi connectivity index (χ2v) is 10.6. The Hall–Kier alpha value is -3.92. The average molecular weight is 513 g/mol. The van der Waals surface area contributed by atoms with E-state index in [-0.39, 0.29) is 11.4 Å². The highest BCUT2D eigenvalue weighted by atomic mass is 32.2. The van der Waals surface area contributed by atoms with Gasteiger partial charge >= 0.3 is 0 Å². The third-order valence-corrected chi connectivity index (χ3v) is 7.45. The van der Waals surface area contributed by atoms with E-state index in [1.54, 1.807) is 48.5 Å². The smallest absolute Gasteiger partial charge is 0.264 e. The van der Waals surface area contributed by atoms with Gasteiger partial charge in [-0.05, 0) is 56.3 Å². The molecule has 0 radical (unpaired) electrons. The van der Waals surface area contributed by atoms with Crippen molar-refractivity contribution in [1.82, 2.24) is 0 Å². The Kier molecular flexibility index (Phi) is 6.73. The standard InChI is InChI=1S/C26H28N2O7S/c1-26(2)16-28(36(30,31)18-11-13-23(33-4)24(15-18)34-5)20-14-17(10-12-22(20)35-26)27-25(29)19-8-6-7-9-21(19)32-3/h6-15H,16H2,1-5H3,(H,27,29). The molecule has 0 unspecified atom stereocenters. The van der Waals surface area contributed by atoms with Gasteiger partial charge in [0.15, 0.2) is 11.5 Å². The van der Waals surface area contributed by atoms with E-state index >= 15 is 0 Å². The van der Waals surface area contributed by atoms with Crippen molar-refractivity contribution in [3.63, 3.8) is 0 Å². The molecule has 0 spiro atoms. The number of carbonyl (C=O) groups excluding carboxylic acids is 1. The highest BCUT2D eigenvalue weighted by Gasteiger charge is 2.39. The SMILES string of the molecule is COc1ccc(S(=O)(=O)N2CC(C)(C)Oc3ccc(NC(=O)c4ccccc4OC)cc32)cc1OC. The summed E-state index contributed by atoms with van der Waals surface area (Å²) in [4.78, 5) is 13.0. The number of hydrogen-bond acceptors (Lipinski definition) is 7. The molecule has 1 N–H and O–H groups in total. The minimum Gasteiger partial charge on any atom is -0.496 e. The molecule has 3 aromatic rings. The van der Waals surface area contributed by atoms with Gasteiger partial charge in [-0.15, -0.1) is 0 Å². The van der Waals surface area contributed by atoms with E-state index in [0.717, 1.165) is 0 Å². The number of hydrogen-bond donors (Lipinski definition) is 1. The van der Waals surface area contributed by atoms with Crippen LogP contribution in [0.5, 0.6) is 23.0 Å². The van der Waals surface area contributed by atoms with Crippen LogP contribution in [0, 0.1) is 0 Å². The maximum Gasteiger partial charge on any atom is 0.264 e. The van der Waals surface area contributed by atoms with Gasteiger partial charge in [0.05, 0.1) is 44.0 Å². The zero-order valence-corrected chi connectivity index (χ0v) is 21.5. The Morgan fingerprint density at radius 2 is 1.61 bits per heavy atom. The van der Waals surface area contributed by atoms with Crippen molar-refractivity contribution >= 4 is 27.3 Å². The zero-order valence-electron chi connectivity index (χ0n) is 20.7. The van der Waals surface area contributed by atoms with Gasteiger partial charge in [0.2, 0.25) is 0 Å². The molecule has 1 amide bonds. The number of ether oxygens (including phenoxy) is 4. The summed E-state index contributed by atoms with van der Waals surface area (Å²) < 4.78 is 50.8. The molecule has 1 heterocycles. The summed E-state index contributed by atoms with van der Waals surface area (Å²) in [6.45, 7) is 3.68. The van der Waals surface area contributed by atoms with Crippen LogP contribution in [-0.4, -0.2) is 47.8 Å². The first-order valence-electron chi connectivity index (χ1n) is 11.1. The van der Waals surface area contributed by atoms with Gasteiger partial charge in [0, 0.05) is 11.8 Å². The molecule has 9 nitrogen and oxygen atoms in total. The second-order valence-electron chi connectivity index (χ2n) is 8.73. The number of rotatable bonds is 7. The minimum atomic E-state index is -4.03. The van der Waals surface area contributed by atoms with Crippen LogP contribution < -0.4 is 28.6 Å². The van der Waals surface area contributed by atoms with Crippen LogP contribution in [0.25, 0.3) is 0 Å². The lowest BCUT2D eigenvalue weighted by Gasteiger charge is -2.40. The van der Waals surface area contributed by atoms with Crippen molar-refractivity contribution in [3.05, 3.63) is 66.2 Å². The summed E-state index contributed by atoms with van der Waals surface area (Å²) in [6, 6.07) is 16.2. The molecule has 36 heavy (non-hydrogen) atoms. The molecule has 0 saturated carbocycles. The van der Waals surface area contributed by atoms with Crippen LogP contribution in [0.3, 0.4) is 0 Å². The van der Waals surface area contributed by atoms with E-state index < -0.39 is 21.5 Å². The molecule has 0 atom stereocenters. The average Bonchev–Trinajstić information content (AvgIpc) is 2.87. The van der Waals surface area contributed by atoms with Crippen LogP contribution in [0.1, 0.15) is 24.2 Å². The number of nitrogens with one attached hydrogen (secondary N) is 1. The number of carbonyl (C=O) groups is 1. The Morgan fingerprint density at radius 1 is 0.917 bits per heavy atom. The Bertz CT molecular complexity index is 1400. The van der Waals surface area contributed by atoms with Crippen LogP contribution in [0.4, 0.5) is 11.4 Å². The third kappa shape index (κ3) is 4.76. The fraction of sp³-hybridized carbons (Fsp3) is 0.269. The van der Waals surface area contributed by atoms with Gasteiger partial charge in [-0.3, -0.25) is 9.10 Å². The van der Waals surface area contributed by atoms with E-state index in [1.807, 2.05) is 13.8 Å². The maximum absolute atomic E-state index is 13.8. The largest absolute Gasteiger partial charge is 0.496 e. The van der Waals surface area contributed by atoms with Gasteiger partial charge in [0.25, 0.3) is 15.9 Å². The van der Waals surface area contributed by atoms with E-state index in [9.17, 15) is 13.2 Å². The molecule has 1 aliphatic heterocycles. The van der Waals surface area contributed by atoms with Gasteiger partial charge in [0.1, 0.15) is 17.1 Å². The summed E-state index contributed by atoms with van der Waals surface area (Å²) in [5, 5.41) is 2.82. The number of amides is 1. The maximum atomic E-state index is 13.8. The van der Waals surface area contributed by atoms with Gasteiger partial charge < -0.3 is 24.3 Å². The van der Waals surface area contributed by atoms with Crippen LogP contribution in [0.2, 0.25) is 0 Å². The summed E-state index contributed by atoms with van der Waals surface area (Å²) in [5.41, 5.74) is 0.269. The van der Waals surface area contributed by atoms with Crippen molar-refractivity contribution in [3.8, 4) is 23.0 Å². The van der Waals surface area contributed by atoms with Crippen LogP contribution in [0.15, 0.2) is 65.6 Å². The quantitative estimate of drug-likeness (QED) is 0.503. The molecular formula is C26H28N2O7S. The van der Waals surface area contributed by atoms with Crippen molar-refractivity contribution in [2.45, 2.75) is 24.3 Å². The normalized spacial score (nSPS) is 14.3. The fourth-order valence-electron chi connectivity index (χ4n) is 3.99. The fourth-order valence-corrected chi connectivity index (χ4v) is 5.62. The lowest BCUT2D eigenvalue weighted by atomic mass is 10.1. The molecule has 3 aromatic carbocycles. The monoisotopic (exact) mass is 512 g/mol. The van der Waals surface area contributed by atoms with E-state index in [0.29, 0.717) is 39.9 Å². The van der Waals surface area contributed by atoms with Crippen molar-refractivity contribution in [2.75, 3.05) is 37.5 Å². The van der Waals surface area contributed by atoms with Gasteiger partial charge in [-0.1, -0.05) is 12.1 Å². The van der Waals surface area contributed by atoms with Gasteiger partial charge in [-0.25, -0.2) is 8.42 Å². The molecule has 10 heteroatoms. The highest BCUT2D eigenvalue weighted by molar-refractivity contribution is 7.92. The van der Waals surface area contributed by atoms with Crippen molar-refractivity contribution in [1.29, 1.82) is 0 Å². The summed E-state index contributed by atoms with van der Waals surface area (Å²) >= 11 is 0. The number of sulfonamides is 1. The van der Waals surface area contributed by atoms with E-state index in [4.69, 9.17) is 18.9 Å². The number of nitrogens with zero attached hydrogens (tertiary/aromatic N) is 1. The molecule has 0 aliphatic carbocycles. The Morgan fingerprint density at radius 3 is 2.31 bits per heavy atom. The molecule has 0 bridgehead atoms. The first-order chi connectivity index (χ1) is 17.1. The van der Waals surface area contributed by atoms with E-state index in [2.05, 4.69) is 5.32 Å². The number of methoxy groups -OCH3 is 3. The molecule has 1 aliphatic rings. The molecule has 4 rings (SSSR count). The van der Waals surface area contributed by atoms with Crippen LogP contribution in [-0.2, 0) is 10.0 Å². The van der Waals surface area contributed by atoms with Crippen molar-refractivity contribution in [2.24, 2.45) is 0 Å². The molecule has 0 aromatic heterocycles. The van der Waals surface area contributed by atoms with E-state index in [1.165, 1.54) is 37.8 Å². The molecular weight excluding hydrogens is 484 g/mol. The minimum absolute atomic E-state index is 0.0345. The second kappa shape index (κ2) is 9.62. The summed E-state index contributed by atoms with van der Waals surface area (Å²) in [7, 11) is 0.382. The molecule has 0 saturated heterocycles. The lowest BCUT2D eigenvalue weighted by Crippen LogP contribution is -2.49. The van der Waals surface area contributed by atoms with Gasteiger partial charge in [-0.2, -0.15) is 0 Å². The number of fused-ring (bicyclic) bond motifs is 1. The highest BCUT2D eigenvalue weighted by Crippen LogP contribution is 2.42. The molecule has 190 valence electrons. The Labute approximate surface area is 210 Å². The summed E-state index contributed by atoms with van der Waals surface area (Å²) in [5.74, 6) is 1.13. The number of benzene rings is 3. The third-order valence-electron chi connectivity index (χ3n) is 5.69. The Balaban J connectivity index is 1.74.